The molecule has 180 valence electrons. The third-order valence-corrected chi connectivity index (χ3v) is 6.75. The van der Waals surface area contributed by atoms with Crippen LogP contribution >= 0.6 is 15.9 Å². The van der Waals surface area contributed by atoms with Crippen LogP contribution in [0.1, 0.15) is 43.1 Å². The maximum atomic E-state index is 13.6. The van der Waals surface area contributed by atoms with Gasteiger partial charge in [0, 0.05) is 67.7 Å². The normalized spacial score (nSPS) is 15.5. The number of rotatable bonds is 5. The molecule has 0 unspecified atom stereocenters. The zero-order valence-corrected chi connectivity index (χ0v) is 21.7. The first-order chi connectivity index (χ1) is 16.5. The topological polar surface area (TPSA) is 53.4 Å². The fourth-order valence-corrected chi connectivity index (χ4v) is 4.87. The number of hydrogen-bond donors (Lipinski definition) is 1. The molecule has 2 aromatic carbocycles. The van der Waals surface area contributed by atoms with Gasteiger partial charge in [-0.05, 0) is 35.7 Å². The molecule has 1 N–H and O–H groups in total. The summed E-state index contributed by atoms with van der Waals surface area (Å²) < 4.78 is 3.01. The van der Waals surface area contributed by atoms with E-state index < -0.39 is 0 Å². The zero-order valence-electron chi connectivity index (χ0n) is 20.1. The van der Waals surface area contributed by atoms with Gasteiger partial charge in [-0.2, -0.15) is 0 Å². The SMILES string of the molecule is CC(C)c1nccn1CC(=O)N1CCN(Cc2ccccc2)CCCNc2ccc(Br)cc2C1. The Bertz CT molecular complexity index is 1080. The van der Waals surface area contributed by atoms with Gasteiger partial charge < -0.3 is 14.8 Å². The minimum absolute atomic E-state index is 0.115. The summed E-state index contributed by atoms with van der Waals surface area (Å²) in [6.45, 7) is 9.40. The van der Waals surface area contributed by atoms with E-state index in [1.807, 2.05) is 15.7 Å². The number of hydrogen-bond acceptors (Lipinski definition) is 4. The molecule has 1 aromatic heterocycles. The Kier molecular flexibility index (Phi) is 8.40. The Labute approximate surface area is 211 Å². The van der Waals surface area contributed by atoms with Crippen LogP contribution in [0.25, 0.3) is 0 Å². The van der Waals surface area contributed by atoms with Gasteiger partial charge in [0.25, 0.3) is 0 Å². The van der Waals surface area contributed by atoms with Gasteiger partial charge >= 0.3 is 0 Å². The number of anilines is 1. The van der Waals surface area contributed by atoms with Crippen molar-refractivity contribution in [2.45, 2.75) is 45.8 Å². The van der Waals surface area contributed by atoms with Crippen LogP contribution in [0.2, 0.25) is 0 Å². The third kappa shape index (κ3) is 6.48. The standard InChI is InChI=1S/C27H34BrN5O/c1-21(2)27-30-12-14-33(27)20-26(34)32-16-15-31(18-22-7-4-3-5-8-22)13-6-11-29-25-10-9-24(28)17-23(25)19-32/h3-5,7-10,12,14,17,21,29H,6,11,13,15-16,18-20H2,1-2H3. The van der Waals surface area contributed by atoms with Crippen LogP contribution in [-0.2, 0) is 24.4 Å². The molecule has 0 bridgehead atoms. The number of imidazole rings is 1. The number of aromatic nitrogens is 2. The van der Waals surface area contributed by atoms with Gasteiger partial charge in [0.15, 0.2) is 0 Å². The zero-order chi connectivity index (χ0) is 23.9. The molecule has 34 heavy (non-hydrogen) atoms. The summed E-state index contributed by atoms with van der Waals surface area (Å²) in [6.07, 6.45) is 4.74. The highest BCUT2D eigenvalue weighted by molar-refractivity contribution is 9.10. The summed E-state index contributed by atoms with van der Waals surface area (Å²) in [5.41, 5.74) is 3.53. The van der Waals surface area contributed by atoms with Gasteiger partial charge in [0.05, 0.1) is 0 Å². The van der Waals surface area contributed by atoms with Gasteiger partial charge in [0.2, 0.25) is 5.91 Å². The number of nitrogens with zero attached hydrogens (tertiary/aromatic N) is 4. The lowest BCUT2D eigenvalue weighted by Gasteiger charge is -2.28. The summed E-state index contributed by atoms with van der Waals surface area (Å²) in [5, 5.41) is 3.60. The van der Waals surface area contributed by atoms with Crippen LogP contribution in [0.5, 0.6) is 0 Å². The molecule has 0 atom stereocenters. The fraction of sp³-hybridized carbons (Fsp3) is 0.407. The van der Waals surface area contributed by atoms with E-state index in [0.29, 0.717) is 19.6 Å². The molecule has 1 aliphatic rings. The molecule has 0 aliphatic carbocycles. The molecule has 4 rings (SSSR count). The van der Waals surface area contributed by atoms with Crippen LogP contribution in [0.4, 0.5) is 5.69 Å². The minimum Gasteiger partial charge on any atom is -0.385 e. The Morgan fingerprint density at radius 2 is 1.94 bits per heavy atom. The van der Waals surface area contributed by atoms with Crippen LogP contribution in [0.15, 0.2) is 65.4 Å². The summed E-state index contributed by atoms with van der Waals surface area (Å²) >= 11 is 3.61. The van der Waals surface area contributed by atoms with E-state index in [2.05, 4.69) is 93.5 Å². The van der Waals surface area contributed by atoms with Crippen LogP contribution < -0.4 is 5.32 Å². The lowest BCUT2D eigenvalue weighted by molar-refractivity contribution is -0.132. The average Bonchev–Trinajstić information content (AvgIpc) is 3.27. The van der Waals surface area contributed by atoms with Gasteiger partial charge in [0.1, 0.15) is 12.4 Å². The summed E-state index contributed by atoms with van der Waals surface area (Å²) in [5.74, 6) is 1.33. The molecule has 2 heterocycles. The fourth-order valence-electron chi connectivity index (χ4n) is 4.46. The smallest absolute Gasteiger partial charge is 0.242 e. The minimum atomic E-state index is 0.115. The number of halogens is 1. The molecule has 1 aliphatic heterocycles. The molecule has 0 spiro atoms. The maximum Gasteiger partial charge on any atom is 0.242 e. The highest BCUT2D eigenvalue weighted by atomic mass is 79.9. The molecule has 0 radical (unpaired) electrons. The van der Waals surface area contributed by atoms with Crippen molar-refractivity contribution in [1.82, 2.24) is 19.4 Å². The molecule has 3 aromatic rings. The molecule has 6 nitrogen and oxygen atoms in total. The summed E-state index contributed by atoms with van der Waals surface area (Å²) in [7, 11) is 0. The lowest BCUT2D eigenvalue weighted by atomic mass is 10.1. The maximum absolute atomic E-state index is 13.6. The Morgan fingerprint density at radius 3 is 2.74 bits per heavy atom. The Balaban J connectivity index is 1.56. The molecule has 7 heteroatoms. The van der Waals surface area contributed by atoms with Crippen molar-refractivity contribution in [1.29, 1.82) is 0 Å². The predicted octanol–water partition coefficient (Wildman–Crippen LogP) is 5.12. The first kappa shape index (κ1) is 24.5. The van der Waals surface area contributed by atoms with Crippen LogP contribution in [-0.4, -0.2) is 51.4 Å². The Morgan fingerprint density at radius 1 is 1.12 bits per heavy atom. The monoisotopic (exact) mass is 523 g/mol. The van der Waals surface area contributed by atoms with E-state index in [4.69, 9.17) is 0 Å². The van der Waals surface area contributed by atoms with Crippen molar-refractivity contribution in [2.24, 2.45) is 0 Å². The number of carbonyl (C=O) groups excluding carboxylic acids is 1. The highest BCUT2D eigenvalue weighted by Gasteiger charge is 2.20. The van der Waals surface area contributed by atoms with Crippen molar-refractivity contribution < 1.29 is 4.79 Å². The second-order valence-corrected chi connectivity index (χ2v) is 10.1. The van der Waals surface area contributed by atoms with Gasteiger partial charge in [-0.15, -0.1) is 0 Å². The number of amides is 1. The van der Waals surface area contributed by atoms with E-state index in [1.165, 1.54) is 5.56 Å². The van der Waals surface area contributed by atoms with E-state index in [1.54, 1.807) is 6.20 Å². The van der Waals surface area contributed by atoms with Gasteiger partial charge in [-0.3, -0.25) is 9.69 Å². The van der Waals surface area contributed by atoms with E-state index in [0.717, 1.165) is 54.1 Å². The molecule has 0 saturated heterocycles. The van der Waals surface area contributed by atoms with Crippen molar-refractivity contribution in [3.63, 3.8) is 0 Å². The number of fused-ring (bicyclic) bond motifs is 1. The van der Waals surface area contributed by atoms with E-state index in [-0.39, 0.29) is 11.8 Å². The second-order valence-electron chi connectivity index (χ2n) is 9.23. The first-order valence-electron chi connectivity index (χ1n) is 12.1. The molecule has 1 amide bonds. The van der Waals surface area contributed by atoms with Gasteiger partial charge in [-0.25, -0.2) is 4.98 Å². The predicted molar refractivity (Wildman–Crippen MR) is 141 cm³/mol. The van der Waals surface area contributed by atoms with Crippen molar-refractivity contribution in [3.05, 3.63) is 82.3 Å². The Hall–Kier alpha value is -2.64. The van der Waals surface area contributed by atoms with E-state index >= 15 is 0 Å². The van der Waals surface area contributed by atoms with Crippen LogP contribution in [0, 0.1) is 0 Å². The quantitative estimate of drug-likeness (QED) is 0.504. The third-order valence-electron chi connectivity index (χ3n) is 6.25. The van der Waals surface area contributed by atoms with Crippen molar-refractivity contribution in [3.8, 4) is 0 Å². The van der Waals surface area contributed by atoms with Crippen molar-refractivity contribution >= 4 is 27.5 Å². The number of nitrogens with one attached hydrogen (secondary N) is 1. The summed E-state index contributed by atoms with van der Waals surface area (Å²) in [6, 6.07) is 16.9. The molecule has 0 saturated carbocycles. The lowest BCUT2D eigenvalue weighted by Crippen LogP contribution is -2.40. The summed E-state index contributed by atoms with van der Waals surface area (Å²) in [4.78, 5) is 22.5. The number of benzene rings is 2. The highest BCUT2D eigenvalue weighted by Crippen LogP contribution is 2.24. The molecular weight excluding hydrogens is 490 g/mol. The molecule has 0 fully saturated rings. The largest absolute Gasteiger partial charge is 0.385 e. The van der Waals surface area contributed by atoms with Crippen molar-refractivity contribution in [2.75, 3.05) is 31.5 Å². The number of carbonyl (C=O) groups is 1. The average molecular weight is 525 g/mol. The molecular formula is C27H34BrN5O. The van der Waals surface area contributed by atoms with Gasteiger partial charge in [-0.1, -0.05) is 60.1 Å². The first-order valence-corrected chi connectivity index (χ1v) is 12.9. The van der Waals surface area contributed by atoms with Crippen LogP contribution in [0.3, 0.4) is 0 Å². The van der Waals surface area contributed by atoms with E-state index in [9.17, 15) is 4.79 Å². The second kappa shape index (κ2) is 11.7.